The molecule has 0 aliphatic carbocycles. The summed E-state index contributed by atoms with van der Waals surface area (Å²) in [6.07, 6.45) is 0.441. The Hall–Kier alpha value is -2.05. The minimum Gasteiger partial charge on any atom is -0.452 e. The molecular weight excluding hydrogens is 188 g/mol. The normalized spacial score (nSPS) is 9.57. The molecule has 1 amide bonds. The summed E-state index contributed by atoms with van der Waals surface area (Å²) in [7, 11) is 2.65. The van der Waals surface area contributed by atoms with E-state index in [0.717, 1.165) is 10.9 Å². The fourth-order valence-electron chi connectivity index (χ4n) is 0.895. The molecule has 0 aromatic carbocycles. The third-order valence-corrected chi connectivity index (χ3v) is 1.62. The zero-order chi connectivity index (χ0) is 10.7. The molecule has 0 aliphatic rings. The first-order valence-corrected chi connectivity index (χ1v) is 3.75. The molecule has 0 atom stereocenters. The first-order valence-electron chi connectivity index (χ1n) is 3.75. The number of nitrogens with two attached hydrogens (primary N) is 1. The summed E-state index contributed by atoms with van der Waals surface area (Å²) in [5.41, 5.74) is 5.49. The second-order valence-corrected chi connectivity index (χ2v) is 2.40. The van der Waals surface area contributed by atoms with E-state index in [1.807, 2.05) is 0 Å². The Balaban J connectivity index is 3.08. The van der Waals surface area contributed by atoms with E-state index in [4.69, 9.17) is 5.73 Å². The molecule has 7 nitrogen and oxygen atoms in total. The largest absolute Gasteiger partial charge is 0.452 e. The number of hydrogen-bond donors (Lipinski definition) is 2. The summed E-state index contributed by atoms with van der Waals surface area (Å²) in [6.45, 7) is 0. The van der Waals surface area contributed by atoms with Crippen LogP contribution < -0.4 is 11.1 Å². The van der Waals surface area contributed by atoms with Crippen LogP contribution >= 0.6 is 0 Å². The molecule has 0 unspecified atom stereocenters. The highest BCUT2D eigenvalue weighted by atomic mass is 16.5. The lowest BCUT2D eigenvalue weighted by Gasteiger charge is -2.01. The zero-order valence-electron chi connectivity index (χ0n) is 7.77. The molecular formula is C7H10N4O3. The van der Waals surface area contributed by atoms with Crippen molar-refractivity contribution in [3.63, 3.8) is 0 Å². The number of carbonyl (C=O) groups is 2. The number of aromatic nitrogens is 2. The van der Waals surface area contributed by atoms with Crippen LogP contribution in [0.3, 0.4) is 0 Å². The Kier molecular flexibility index (Phi) is 2.70. The van der Waals surface area contributed by atoms with E-state index in [1.54, 1.807) is 0 Å². The predicted molar refractivity (Wildman–Crippen MR) is 47.8 cm³/mol. The fraction of sp³-hybridized carbons (Fsp3) is 0.286. The maximum absolute atomic E-state index is 11.1. The summed E-state index contributed by atoms with van der Waals surface area (Å²) in [5.74, 6) is -0.499. The van der Waals surface area contributed by atoms with Crippen LogP contribution in [0.1, 0.15) is 10.5 Å². The van der Waals surface area contributed by atoms with Crippen molar-refractivity contribution in [1.82, 2.24) is 14.9 Å². The van der Waals surface area contributed by atoms with Gasteiger partial charge in [-0.2, -0.15) is 0 Å². The Morgan fingerprint density at radius 3 is 2.79 bits per heavy atom. The van der Waals surface area contributed by atoms with E-state index in [9.17, 15) is 9.59 Å². The lowest BCUT2D eigenvalue weighted by molar-refractivity contribution is 0.0959. The highest BCUT2D eigenvalue weighted by Gasteiger charge is 2.17. The van der Waals surface area contributed by atoms with Crippen molar-refractivity contribution in [1.29, 1.82) is 0 Å². The summed E-state index contributed by atoms with van der Waals surface area (Å²) < 4.78 is 5.37. The van der Waals surface area contributed by atoms with Gasteiger partial charge in [-0.25, -0.2) is 14.3 Å². The third kappa shape index (κ3) is 1.51. The van der Waals surface area contributed by atoms with Crippen LogP contribution in [-0.2, 0) is 4.74 Å². The van der Waals surface area contributed by atoms with Crippen LogP contribution in [0.25, 0.3) is 0 Å². The molecule has 7 heteroatoms. The zero-order valence-corrected chi connectivity index (χ0v) is 7.77. The van der Waals surface area contributed by atoms with Crippen LogP contribution in [0.2, 0.25) is 0 Å². The van der Waals surface area contributed by atoms with Crippen molar-refractivity contribution >= 4 is 17.8 Å². The summed E-state index contributed by atoms with van der Waals surface area (Å²) in [4.78, 5) is 25.9. The van der Waals surface area contributed by atoms with Gasteiger partial charge in [-0.05, 0) is 0 Å². The number of imidazole rings is 1. The van der Waals surface area contributed by atoms with Crippen LogP contribution in [-0.4, -0.2) is 35.7 Å². The smallest absolute Gasteiger partial charge is 0.420 e. The van der Waals surface area contributed by atoms with Gasteiger partial charge in [0.25, 0.3) is 5.91 Å². The molecule has 0 spiro atoms. The number of nitrogens with one attached hydrogen (secondary N) is 1. The van der Waals surface area contributed by atoms with Gasteiger partial charge in [-0.15, -0.1) is 0 Å². The topological polar surface area (TPSA) is 99.2 Å². The van der Waals surface area contributed by atoms with Gasteiger partial charge in [-0.3, -0.25) is 4.79 Å². The Morgan fingerprint density at radius 2 is 2.29 bits per heavy atom. The van der Waals surface area contributed by atoms with Gasteiger partial charge in [0.2, 0.25) is 0 Å². The third-order valence-electron chi connectivity index (χ3n) is 1.62. The maximum Gasteiger partial charge on any atom is 0.420 e. The van der Waals surface area contributed by atoms with Crippen LogP contribution in [0.5, 0.6) is 0 Å². The molecule has 0 saturated heterocycles. The highest BCUT2D eigenvalue weighted by Crippen LogP contribution is 2.09. The van der Waals surface area contributed by atoms with Gasteiger partial charge < -0.3 is 15.8 Å². The van der Waals surface area contributed by atoms with E-state index in [0.29, 0.717) is 0 Å². The number of nitrogen functional groups attached to an aromatic ring is 1. The minimum atomic E-state index is -0.690. The SMILES string of the molecule is CNC(=O)c1ncn(C(=O)OC)c1N. The monoisotopic (exact) mass is 198 g/mol. The lowest BCUT2D eigenvalue weighted by Crippen LogP contribution is -2.21. The van der Waals surface area contributed by atoms with Crippen molar-refractivity contribution in [2.24, 2.45) is 0 Å². The average molecular weight is 198 g/mol. The van der Waals surface area contributed by atoms with Crippen LogP contribution in [0, 0.1) is 0 Å². The van der Waals surface area contributed by atoms with E-state index >= 15 is 0 Å². The van der Waals surface area contributed by atoms with Gasteiger partial charge in [0, 0.05) is 7.05 Å². The first-order chi connectivity index (χ1) is 6.61. The number of nitrogens with zero attached hydrogens (tertiary/aromatic N) is 2. The quantitative estimate of drug-likeness (QED) is 0.630. The number of carbonyl (C=O) groups excluding carboxylic acids is 2. The van der Waals surface area contributed by atoms with Crippen molar-refractivity contribution < 1.29 is 14.3 Å². The first kappa shape index (κ1) is 10.0. The summed E-state index contributed by atoms with van der Waals surface area (Å²) in [6, 6.07) is 0. The van der Waals surface area contributed by atoms with Crippen molar-refractivity contribution in [2.75, 3.05) is 19.9 Å². The predicted octanol–water partition coefficient (Wildman–Crippen LogP) is -0.561. The van der Waals surface area contributed by atoms with Crippen molar-refractivity contribution in [3.05, 3.63) is 12.0 Å². The Labute approximate surface area is 79.9 Å². The van der Waals surface area contributed by atoms with E-state index in [-0.39, 0.29) is 11.5 Å². The molecule has 76 valence electrons. The van der Waals surface area contributed by atoms with Crippen LogP contribution in [0.4, 0.5) is 10.6 Å². The average Bonchev–Trinajstić information content (AvgIpc) is 2.58. The van der Waals surface area contributed by atoms with Gasteiger partial charge in [0.15, 0.2) is 5.69 Å². The number of hydrogen-bond acceptors (Lipinski definition) is 5. The van der Waals surface area contributed by atoms with Gasteiger partial charge in [0.1, 0.15) is 12.1 Å². The number of rotatable bonds is 1. The number of anilines is 1. The van der Waals surface area contributed by atoms with E-state index in [1.165, 1.54) is 14.2 Å². The Bertz CT molecular complexity index is 338. The summed E-state index contributed by atoms with van der Waals surface area (Å²) >= 11 is 0. The second kappa shape index (κ2) is 3.77. The number of ether oxygens (including phenoxy) is 1. The van der Waals surface area contributed by atoms with Gasteiger partial charge in [0.05, 0.1) is 7.11 Å². The molecule has 0 saturated carbocycles. The lowest BCUT2D eigenvalue weighted by atomic mass is 10.4. The van der Waals surface area contributed by atoms with E-state index < -0.39 is 12.0 Å². The molecule has 0 fully saturated rings. The Morgan fingerprint density at radius 1 is 1.64 bits per heavy atom. The molecule has 3 N–H and O–H groups in total. The van der Waals surface area contributed by atoms with Crippen molar-refractivity contribution in [3.8, 4) is 0 Å². The molecule has 0 radical (unpaired) electrons. The standard InChI is InChI=1S/C7H10N4O3/c1-9-6(12)4-5(8)11(3-10-4)7(13)14-2/h3H,8H2,1-2H3,(H,9,12). The second-order valence-electron chi connectivity index (χ2n) is 2.40. The van der Waals surface area contributed by atoms with Crippen molar-refractivity contribution in [2.45, 2.75) is 0 Å². The molecule has 1 rings (SSSR count). The summed E-state index contributed by atoms with van der Waals surface area (Å²) in [5, 5.41) is 2.35. The molecule has 0 aliphatic heterocycles. The fourth-order valence-corrected chi connectivity index (χ4v) is 0.895. The highest BCUT2D eigenvalue weighted by molar-refractivity contribution is 5.97. The minimum absolute atomic E-state index is 0.00194. The molecule has 1 aromatic heterocycles. The number of methoxy groups -OCH3 is 1. The van der Waals surface area contributed by atoms with Gasteiger partial charge >= 0.3 is 6.09 Å². The maximum atomic E-state index is 11.1. The van der Waals surface area contributed by atoms with Crippen LogP contribution in [0.15, 0.2) is 6.33 Å². The van der Waals surface area contributed by atoms with E-state index in [2.05, 4.69) is 15.0 Å². The van der Waals surface area contributed by atoms with Gasteiger partial charge in [-0.1, -0.05) is 0 Å². The molecule has 1 aromatic rings. The molecule has 14 heavy (non-hydrogen) atoms. The molecule has 0 bridgehead atoms. The number of amides is 1. The molecule has 1 heterocycles.